The predicted molar refractivity (Wildman–Crippen MR) is 267 cm³/mol. The number of aromatic nitrogens is 4. The lowest BCUT2D eigenvalue weighted by atomic mass is 9.99. The fourth-order valence-corrected chi connectivity index (χ4v) is 11.4. The topological polar surface area (TPSA) is 35.6 Å². The Morgan fingerprint density at radius 2 is 0.873 bits per heavy atom. The zero-order valence-electron chi connectivity index (χ0n) is 33.8. The zero-order chi connectivity index (χ0) is 41.2. The predicted octanol–water partition coefficient (Wildman–Crippen LogP) is 15.8. The van der Waals surface area contributed by atoms with Crippen LogP contribution in [0, 0.1) is 0 Å². The summed E-state index contributed by atoms with van der Waals surface area (Å²) < 4.78 is 7.34. The van der Waals surface area contributed by atoms with Gasteiger partial charge in [0.2, 0.25) is 0 Å². The Kier molecular flexibility index (Phi) is 7.24. The monoisotopic (exact) mass is 818 g/mol. The van der Waals surface area contributed by atoms with E-state index in [1.54, 1.807) is 0 Å². The van der Waals surface area contributed by atoms with Gasteiger partial charge in [-0.25, -0.2) is 9.97 Å². The third-order valence-corrected chi connectivity index (χ3v) is 14.3. The van der Waals surface area contributed by atoms with Gasteiger partial charge in [0, 0.05) is 64.2 Å². The number of hydrogen-bond donors (Lipinski definition) is 0. The summed E-state index contributed by atoms with van der Waals surface area (Å²) >= 11 is 1.83. The van der Waals surface area contributed by atoms with Gasteiger partial charge in [-0.15, -0.1) is 11.3 Å². The van der Waals surface area contributed by atoms with E-state index in [9.17, 15) is 0 Å². The molecule has 10 aromatic carbocycles. The Balaban J connectivity index is 0.942. The van der Waals surface area contributed by atoms with E-state index in [0.29, 0.717) is 0 Å². The van der Waals surface area contributed by atoms with Crippen molar-refractivity contribution in [2.75, 3.05) is 0 Å². The minimum Gasteiger partial charge on any atom is -0.309 e. The molecule has 0 fully saturated rings. The van der Waals surface area contributed by atoms with Gasteiger partial charge in [0.15, 0.2) is 0 Å². The summed E-state index contributed by atoms with van der Waals surface area (Å²) in [5, 5.41) is 12.3. The lowest BCUT2D eigenvalue weighted by molar-refractivity contribution is 1.18. The Hall–Kier alpha value is -8.12. The summed E-state index contributed by atoms with van der Waals surface area (Å²) in [6, 6.07) is 74.9. The first kappa shape index (κ1) is 34.6. The van der Waals surface area contributed by atoms with Crippen molar-refractivity contribution >= 4 is 108 Å². The Morgan fingerprint density at radius 3 is 1.59 bits per heavy atom. The van der Waals surface area contributed by atoms with Gasteiger partial charge in [-0.1, -0.05) is 127 Å². The molecule has 14 aromatic rings. The van der Waals surface area contributed by atoms with E-state index in [1.807, 2.05) is 23.5 Å². The second-order valence-electron chi connectivity index (χ2n) is 16.6. The molecule has 4 heterocycles. The van der Waals surface area contributed by atoms with Gasteiger partial charge in [0.1, 0.15) is 0 Å². The third-order valence-electron chi connectivity index (χ3n) is 13.0. The van der Waals surface area contributed by atoms with Crippen LogP contribution in [0.2, 0.25) is 0 Å². The molecule has 5 heteroatoms. The Morgan fingerprint density at radius 1 is 0.333 bits per heavy atom. The molecule has 63 heavy (non-hydrogen) atoms. The molecule has 0 aliphatic rings. The lowest BCUT2D eigenvalue weighted by Crippen LogP contribution is -1.96. The summed E-state index contributed by atoms with van der Waals surface area (Å²) in [5.74, 6) is 0. The van der Waals surface area contributed by atoms with E-state index < -0.39 is 0 Å². The molecule has 0 atom stereocenters. The van der Waals surface area contributed by atoms with Gasteiger partial charge < -0.3 is 9.13 Å². The normalized spacial score (nSPS) is 12.1. The molecule has 0 radical (unpaired) electrons. The van der Waals surface area contributed by atoms with Gasteiger partial charge in [-0.2, -0.15) is 0 Å². The molecule has 0 N–H and O–H groups in total. The molecule has 0 unspecified atom stereocenters. The molecule has 0 bridgehead atoms. The SMILES string of the molecule is c1ccc2nc(-c3cccc4c3sc3ccccc34)c(-c3ccc4ccc(-n5c6ccccc6c6cc7cc(-n8c9ccccc9c9ccccc98)ccc7cc65)cc4c3)nc2c1. The van der Waals surface area contributed by atoms with Crippen LogP contribution in [0.5, 0.6) is 0 Å². The summed E-state index contributed by atoms with van der Waals surface area (Å²) in [6.07, 6.45) is 0. The van der Waals surface area contributed by atoms with Crippen molar-refractivity contribution in [1.82, 2.24) is 19.1 Å². The molecule has 0 saturated carbocycles. The summed E-state index contributed by atoms with van der Waals surface area (Å²) in [7, 11) is 0. The summed E-state index contributed by atoms with van der Waals surface area (Å²) in [6.45, 7) is 0. The van der Waals surface area contributed by atoms with Crippen molar-refractivity contribution < 1.29 is 0 Å². The fraction of sp³-hybridized carbons (Fsp3) is 0. The van der Waals surface area contributed by atoms with Gasteiger partial charge in [-0.3, -0.25) is 0 Å². The molecule has 14 rings (SSSR count). The van der Waals surface area contributed by atoms with Crippen LogP contribution in [-0.2, 0) is 0 Å². The Bertz CT molecular complexity index is 4170. The van der Waals surface area contributed by atoms with Gasteiger partial charge in [0.25, 0.3) is 0 Å². The van der Waals surface area contributed by atoms with Crippen molar-refractivity contribution in [3.63, 3.8) is 0 Å². The number of para-hydroxylation sites is 5. The van der Waals surface area contributed by atoms with Gasteiger partial charge in [-0.05, 0) is 100 Å². The number of nitrogens with zero attached hydrogens (tertiary/aromatic N) is 4. The first-order valence-corrected chi connectivity index (χ1v) is 22.2. The smallest absolute Gasteiger partial charge is 0.0987 e. The molecule has 0 amide bonds. The van der Waals surface area contributed by atoms with Crippen molar-refractivity contribution in [1.29, 1.82) is 0 Å². The minimum atomic E-state index is 0.883. The van der Waals surface area contributed by atoms with Crippen LogP contribution in [-0.4, -0.2) is 19.1 Å². The van der Waals surface area contributed by atoms with Crippen molar-refractivity contribution in [2.45, 2.75) is 0 Å². The number of thiophene rings is 1. The number of hydrogen-bond acceptors (Lipinski definition) is 3. The van der Waals surface area contributed by atoms with Crippen LogP contribution in [0.3, 0.4) is 0 Å². The molecule has 0 aliphatic heterocycles. The van der Waals surface area contributed by atoms with E-state index in [1.165, 1.54) is 79.9 Å². The van der Waals surface area contributed by atoms with Crippen LogP contribution in [0.4, 0.5) is 0 Å². The first-order chi connectivity index (χ1) is 31.2. The van der Waals surface area contributed by atoms with E-state index in [4.69, 9.17) is 9.97 Å². The average molecular weight is 819 g/mol. The van der Waals surface area contributed by atoms with Crippen LogP contribution < -0.4 is 0 Å². The van der Waals surface area contributed by atoms with Crippen LogP contribution >= 0.6 is 11.3 Å². The highest BCUT2D eigenvalue weighted by Crippen LogP contribution is 2.43. The second-order valence-corrected chi connectivity index (χ2v) is 17.6. The van der Waals surface area contributed by atoms with Crippen molar-refractivity contribution in [3.05, 3.63) is 206 Å². The highest BCUT2D eigenvalue weighted by molar-refractivity contribution is 7.26. The molecule has 4 nitrogen and oxygen atoms in total. The third kappa shape index (κ3) is 5.15. The van der Waals surface area contributed by atoms with Gasteiger partial charge in [0.05, 0.1) is 44.5 Å². The largest absolute Gasteiger partial charge is 0.309 e. The average Bonchev–Trinajstić information content (AvgIpc) is 4.00. The molecule has 0 saturated heterocycles. The standard InChI is InChI=1S/C58H34N4S/c1-7-20-51-42(12-1)43-13-2-8-21-52(43)61(51)40-29-27-36-34-54-48(33-39(36)32-40)44-14-3-9-22-53(44)62(54)41-28-26-35-24-25-37(30-38(35)31-41)56-57(60-50-19-6-5-18-49(50)59-56)47-17-11-16-46-45-15-4-10-23-55(45)63-58(46)47/h1-34H. The second kappa shape index (κ2) is 13.2. The van der Waals surface area contributed by atoms with E-state index in [2.05, 4.69) is 203 Å². The maximum atomic E-state index is 5.36. The lowest BCUT2D eigenvalue weighted by Gasteiger charge is -2.13. The van der Waals surface area contributed by atoms with Crippen LogP contribution in [0.15, 0.2) is 206 Å². The molecule has 4 aromatic heterocycles. The van der Waals surface area contributed by atoms with Crippen molar-refractivity contribution in [3.8, 4) is 33.9 Å². The van der Waals surface area contributed by atoms with E-state index in [-0.39, 0.29) is 0 Å². The van der Waals surface area contributed by atoms with E-state index >= 15 is 0 Å². The zero-order valence-corrected chi connectivity index (χ0v) is 34.6. The number of rotatable bonds is 4. The van der Waals surface area contributed by atoms with E-state index in [0.717, 1.165) is 50.3 Å². The fourth-order valence-electron chi connectivity index (χ4n) is 10.2. The molecule has 292 valence electrons. The number of fused-ring (bicyclic) bond motifs is 12. The number of benzene rings is 10. The first-order valence-electron chi connectivity index (χ1n) is 21.4. The van der Waals surface area contributed by atoms with Crippen molar-refractivity contribution in [2.24, 2.45) is 0 Å². The molecule has 0 spiro atoms. The minimum absolute atomic E-state index is 0.883. The molecule has 0 aliphatic carbocycles. The van der Waals surface area contributed by atoms with Gasteiger partial charge >= 0.3 is 0 Å². The van der Waals surface area contributed by atoms with Crippen LogP contribution in [0.25, 0.3) is 130 Å². The quantitative estimate of drug-likeness (QED) is 0.177. The maximum absolute atomic E-state index is 5.36. The van der Waals surface area contributed by atoms with Crippen LogP contribution in [0.1, 0.15) is 0 Å². The maximum Gasteiger partial charge on any atom is 0.0987 e. The Labute approximate surface area is 365 Å². The summed E-state index contributed by atoms with van der Waals surface area (Å²) in [5.41, 5.74) is 12.8. The highest BCUT2D eigenvalue weighted by Gasteiger charge is 2.20. The molecular formula is C58H34N4S. The highest BCUT2D eigenvalue weighted by atomic mass is 32.1. The molecular weight excluding hydrogens is 785 g/mol. The summed E-state index contributed by atoms with van der Waals surface area (Å²) in [4.78, 5) is 10.7.